The number of rotatable bonds is 6. The van der Waals surface area contributed by atoms with Crippen molar-refractivity contribution in [2.75, 3.05) is 0 Å². The zero-order chi connectivity index (χ0) is 22.9. The molecule has 2 saturated heterocycles. The van der Waals surface area contributed by atoms with Crippen LogP contribution in [0.1, 0.15) is 70.2 Å². The molecule has 0 spiro atoms. The molecule has 0 N–H and O–H groups in total. The molecule has 3 aliphatic rings. The Morgan fingerprint density at radius 1 is 1.03 bits per heavy atom. The van der Waals surface area contributed by atoms with E-state index in [1.165, 1.54) is 0 Å². The Hall–Kier alpha value is -1.74. The van der Waals surface area contributed by atoms with E-state index in [0.29, 0.717) is 25.7 Å². The minimum Gasteiger partial charge on any atom is -0.455 e. The Kier molecular flexibility index (Phi) is 5.17. The summed E-state index contributed by atoms with van der Waals surface area (Å²) in [4.78, 5) is 12.7. The molecule has 31 heavy (non-hydrogen) atoms. The minimum atomic E-state index is -2.32. The van der Waals surface area contributed by atoms with Gasteiger partial charge in [-0.15, -0.1) is 0 Å². The highest BCUT2D eigenvalue weighted by Crippen LogP contribution is 2.53. The van der Waals surface area contributed by atoms with Gasteiger partial charge in [-0.05, 0) is 59.8 Å². The Balaban J connectivity index is 1.59. The van der Waals surface area contributed by atoms with Gasteiger partial charge in [-0.25, -0.2) is 26.7 Å². The van der Waals surface area contributed by atoms with Crippen molar-refractivity contribution < 1.29 is 41.0 Å². The average Bonchev–Trinajstić information content (AvgIpc) is 3.55. The van der Waals surface area contributed by atoms with Gasteiger partial charge in [-0.3, -0.25) is 0 Å². The molecule has 1 saturated carbocycles. The fourth-order valence-corrected chi connectivity index (χ4v) is 4.74. The van der Waals surface area contributed by atoms with E-state index in [4.69, 9.17) is 14.2 Å². The van der Waals surface area contributed by atoms with Crippen LogP contribution in [0.5, 0.6) is 0 Å². The molecule has 1 aromatic rings. The lowest BCUT2D eigenvalue weighted by Gasteiger charge is -2.39. The van der Waals surface area contributed by atoms with Crippen LogP contribution in [0.25, 0.3) is 0 Å². The van der Waals surface area contributed by atoms with Crippen LogP contribution in [0.2, 0.25) is 0 Å². The fraction of sp³-hybridized carbons (Fsp3) is 0.682. The SMILES string of the molecule is CC1(C)OC1CCC(C)(OC(=O)c1c(F)c(F)c(F)c(F)c1F)C1CCC2(C)OC2C1. The van der Waals surface area contributed by atoms with Crippen LogP contribution in [0.15, 0.2) is 0 Å². The highest BCUT2D eigenvalue weighted by Gasteiger charge is 2.59. The molecule has 0 amide bonds. The van der Waals surface area contributed by atoms with E-state index in [1.807, 2.05) is 20.8 Å². The molecule has 2 heterocycles. The molecule has 0 aromatic heterocycles. The molecule has 4 nitrogen and oxygen atoms in total. The largest absolute Gasteiger partial charge is 0.455 e. The lowest BCUT2D eigenvalue weighted by atomic mass is 9.72. The third kappa shape index (κ3) is 3.84. The maximum atomic E-state index is 14.2. The standard InChI is InChI=1S/C22H25F5O4/c1-20(2)11(29-20)6-8-21(3,10-5-7-22(4)12(9-10)30-22)31-19(28)13-14(23)16(25)18(27)17(26)15(13)24/h10-12H,5-9H2,1-4H3. The number of fused-ring (bicyclic) bond motifs is 1. The minimum absolute atomic E-state index is 0.00734. The van der Waals surface area contributed by atoms with E-state index in [-0.39, 0.29) is 29.3 Å². The Morgan fingerprint density at radius 2 is 1.58 bits per heavy atom. The van der Waals surface area contributed by atoms with Gasteiger partial charge < -0.3 is 14.2 Å². The van der Waals surface area contributed by atoms with Crippen LogP contribution < -0.4 is 0 Å². The predicted octanol–water partition coefficient (Wildman–Crippen LogP) is 5.21. The van der Waals surface area contributed by atoms with Gasteiger partial charge in [-0.2, -0.15) is 0 Å². The van der Waals surface area contributed by atoms with Crippen molar-refractivity contribution in [3.05, 3.63) is 34.6 Å². The van der Waals surface area contributed by atoms with E-state index < -0.39 is 46.2 Å². The monoisotopic (exact) mass is 448 g/mol. The second-order valence-corrected chi connectivity index (χ2v) is 9.79. The van der Waals surface area contributed by atoms with Crippen LogP contribution in [0, 0.1) is 35.0 Å². The highest BCUT2D eigenvalue weighted by molar-refractivity contribution is 5.90. The van der Waals surface area contributed by atoms with Gasteiger partial charge in [0.1, 0.15) is 11.2 Å². The Bertz CT molecular complexity index is 906. The van der Waals surface area contributed by atoms with Crippen molar-refractivity contribution in [1.82, 2.24) is 0 Å². The first-order valence-corrected chi connectivity index (χ1v) is 10.4. The van der Waals surface area contributed by atoms with Crippen LogP contribution in [-0.2, 0) is 14.2 Å². The van der Waals surface area contributed by atoms with Gasteiger partial charge in [0, 0.05) is 5.92 Å². The fourth-order valence-electron chi connectivity index (χ4n) is 4.74. The van der Waals surface area contributed by atoms with E-state index in [0.717, 1.165) is 6.42 Å². The zero-order valence-corrected chi connectivity index (χ0v) is 17.8. The summed E-state index contributed by atoms with van der Waals surface area (Å²) in [5.74, 6) is -12.8. The third-order valence-electron chi connectivity index (χ3n) is 7.19. The van der Waals surface area contributed by atoms with Crippen molar-refractivity contribution in [3.63, 3.8) is 0 Å². The summed E-state index contributed by atoms with van der Waals surface area (Å²) in [5, 5.41) is 0. The van der Waals surface area contributed by atoms with Crippen molar-refractivity contribution in [2.45, 2.75) is 88.8 Å². The van der Waals surface area contributed by atoms with Gasteiger partial charge in [0.05, 0.1) is 23.4 Å². The third-order valence-corrected chi connectivity index (χ3v) is 7.19. The summed E-state index contributed by atoms with van der Waals surface area (Å²) >= 11 is 0. The predicted molar refractivity (Wildman–Crippen MR) is 98.9 cm³/mol. The molecule has 1 aromatic carbocycles. The number of benzene rings is 1. The van der Waals surface area contributed by atoms with E-state index in [9.17, 15) is 26.7 Å². The first-order chi connectivity index (χ1) is 14.3. The molecular weight excluding hydrogens is 423 g/mol. The second-order valence-electron chi connectivity index (χ2n) is 9.79. The Morgan fingerprint density at radius 3 is 2.10 bits per heavy atom. The quantitative estimate of drug-likeness (QED) is 0.197. The lowest BCUT2D eigenvalue weighted by Crippen LogP contribution is -2.43. The number of esters is 1. The van der Waals surface area contributed by atoms with Gasteiger partial charge in [0.2, 0.25) is 5.82 Å². The molecule has 3 fully saturated rings. The molecule has 2 aliphatic heterocycles. The summed E-state index contributed by atoms with van der Waals surface area (Å²) in [5.41, 5.74) is -3.28. The zero-order valence-electron chi connectivity index (χ0n) is 17.8. The van der Waals surface area contributed by atoms with Crippen molar-refractivity contribution in [3.8, 4) is 0 Å². The first kappa shape index (κ1) is 22.5. The van der Waals surface area contributed by atoms with Crippen molar-refractivity contribution in [1.29, 1.82) is 0 Å². The summed E-state index contributed by atoms with van der Waals surface area (Å²) in [7, 11) is 0. The lowest BCUT2D eigenvalue weighted by molar-refractivity contribution is -0.0563. The summed E-state index contributed by atoms with van der Waals surface area (Å²) < 4.78 is 85.7. The van der Waals surface area contributed by atoms with Gasteiger partial charge in [-0.1, -0.05) is 0 Å². The van der Waals surface area contributed by atoms with Gasteiger partial charge in [0.15, 0.2) is 23.3 Å². The molecule has 5 atom stereocenters. The van der Waals surface area contributed by atoms with E-state index in [2.05, 4.69) is 0 Å². The molecule has 5 unspecified atom stereocenters. The molecule has 0 bridgehead atoms. The van der Waals surface area contributed by atoms with Crippen molar-refractivity contribution in [2.24, 2.45) is 5.92 Å². The van der Waals surface area contributed by atoms with Crippen LogP contribution in [-0.4, -0.2) is 35.0 Å². The molecule has 4 rings (SSSR count). The number of ether oxygens (including phenoxy) is 3. The average molecular weight is 448 g/mol. The summed E-state index contributed by atoms with van der Waals surface area (Å²) in [6, 6.07) is 0. The maximum Gasteiger partial charge on any atom is 0.344 e. The summed E-state index contributed by atoms with van der Waals surface area (Å²) in [6.07, 6.45) is 2.71. The molecular formula is C22H25F5O4. The number of epoxide rings is 2. The smallest absolute Gasteiger partial charge is 0.344 e. The topological polar surface area (TPSA) is 51.4 Å². The number of hydrogen-bond donors (Lipinski definition) is 0. The van der Waals surface area contributed by atoms with Crippen LogP contribution in [0.4, 0.5) is 22.0 Å². The maximum absolute atomic E-state index is 14.2. The second kappa shape index (κ2) is 7.13. The Labute approximate surface area is 177 Å². The normalized spacial score (nSPS) is 32.7. The molecule has 172 valence electrons. The van der Waals surface area contributed by atoms with Crippen molar-refractivity contribution >= 4 is 5.97 Å². The van der Waals surface area contributed by atoms with E-state index in [1.54, 1.807) is 6.92 Å². The number of carbonyl (C=O) groups excluding carboxylic acids is 1. The van der Waals surface area contributed by atoms with E-state index >= 15 is 0 Å². The number of carbonyl (C=O) groups is 1. The molecule has 9 heteroatoms. The highest BCUT2D eigenvalue weighted by atomic mass is 19.2. The van der Waals surface area contributed by atoms with Gasteiger partial charge >= 0.3 is 5.97 Å². The van der Waals surface area contributed by atoms with Gasteiger partial charge in [0.25, 0.3) is 0 Å². The molecule has 1 aliphatic carbocycles. The molecule has 0 radical (unpaired) electrons. The number of hydrogen-bond acceptors (Lipinski definition) is 4. The first-order valence-electron chi connectivity index (χ1n) is 10.4. The number of halogens is 5. The van der Waals surface area contributed by atoms with Crippen LogP contribution in [0.3, 0.4) is 0 Å². The van der Waals surface area contributed by atoms with Crippen LogP contribution >= 0.6 is 0 Å². The summed E-state index contributed by atoms with van der Waals surface area (Å²) in [6.45, 7) is 7.47.